The molecular formula is C15H14F3N3O3. The summed E-state index contributed by atoms with van der Waals surface area (Å²) in [5.74, 6) is -1.34. The third-order valence-corrected chi connectivity index (χ3v) is 2.76. The second kappa shape index (κ2) is 8.57. The summed E-state index contributed by atoms with van der Waals surface area (Å²) in [4.78, 5) is 22.8. The van der Waals surface area contributed by atoms with Crippen LogP contribution in [0.5, 0.6) is 0 Å². The van der Waals surface area contributed by atoms with Crippen molar-refractivity contribution in [1.29, 1.82) is 5.26 Å². The number of anilines is 1. The van der Waals surface area contributed by atoms with E-state index >= 15 is 0 Å². The maximum Gasteiger partial charge on any atom is 0.416 e. The van der Waals surface area contributed by atoms with Gasteiger partial charge >= 0.3 is 12.1 Å². The quantitative estimate of drug-likeness (QED) is 0.358. The summed E-state index contributed by atoms with van der Waals surface area (Å²) < 4.78 is 42.2. The van der Waals surface area contributed by atoms with E-state index in [9.17, 15) is 22.8 Å². The first kappa shape index (κ1) is 19.0. The number of rotatable bonds is 6. The second-order valence-electron chi connectivity index (χ2n) is 4.48. The number of nitrogens with zero attached hydrogens (tertiary/aromatic N) is 1. The van der Waals surface area contributed by atoms with Gasteiger partial charge in [-0.2, -0.15) is 18.4 Å². The summed E-state index contributed by atoms with van der Waals surface area (Å²) in [5.41, 5.74) is -1.36. The molecule has 1 rings (SSSR count). The Hall–Kier alpha value is -3.02. The third-order valence-electron chi connectivity index (χ3n) is 2.76. The number of nitriles is 1. The summed E-state index contributed by atoms with van der Waals surface area (Å²) in [7, 11) is 1.22. The molecule has 2 N–H and O–H groups in total. The normalized spacial score (nSPS) is 11.4. The van der Waals surface area contributed by atoms with E-state index in [1.165, 1.54) is 13.2 Å². The van der Waals surface area contributed by atoms with Gasteiger partial charge in [0, 0.05) is 18.4 Å². The monoisotopic (exact) mass is 341 g/mol. The Morgan fingerprint density at radius 1 is 1.38 bits per heavy atom. The molecule has 0 saturated carbocycles. The van der Waals surface area contributed by atoms with Gasteiger partial charge in [-0.1, -0.05) is 6.07 Å². The fraction of sp³-hybridized carbons (Fsp3) is 0.267. The van der Waals surface area contributed by atoms with Crippen molar-refractivity contribution in [2.24, 2.45) is 0 Å². The average molecular weight is 341 g/mol. The van der Waals surface area contributed by atoms with E-state index < -0.39 is 23.6 Å². The number of methoxy groups -OCH3 is 1. The topological polar surface area (TPSA) is 91.2 Å². The molecule has 24 heavy (non-hydrogen) atoms. The number of hydrogen-bond acceptors (Lipinski definition) is 5. The van der Waals surface area contributed by atoms with Gasteiger partial charge in [-0.05, 0) is 18.2 Å². The number of alkyl halides is 3. The zero-order chi connectivity index (χ0) is 18.2. The number of benzene rings is 1. The zero-order valence-corrected chi connectivity index (χ0v) is 12.6. The molecule has 0 aliphatic carbocycles. The SMILES string of the molecule is COC(=O)CCN/C=C(/C#N)C(=O)Nc1cccc(C(F)(F)F)c1. The molecular weight excluding hydrogens is 327 g/mol. The van der Waals surface area contributed by atoms with Crippen molar-refractivity contribution in [3.05, 3.63) is 41.6 Å². The van der Waals surface area contributed by atoms with Crippen LogP contribution in [0.3, 0.4) is 0 Å². The van der Waals surface area contributed by atoms with Crippen LogP contribution < -0.4 is 10.6 Å². The third kappa shape index (κ3) is 6.00. The summed E-state index contributed by atoms with van der Waals surface area (Å²) in [5, 5.41) is 13.7. The van der Waals surface area contributed by atoms with E-state index in [2.05, 4.69) is 15.4 Å². The molecule has 0 atom stereocenters. The predicted octanol–water partition coefficient (Wildman–Crippen LogP) is 2.20. The molecule has 0 saturated heterocycles. The number of nitrogens with one attached hydrogen (secondary N) is 2. The van der Waals surface area contributed by atoms with E-state index in [0.717, 1.165) is 24.4 Å². The van der Waals surface area contributed by atoms with E-state index in [1.807, 2.05) is 0 Å². The molecule has 128 valence electrons. The van der Waals surface area contributed by atoms with Crippen molar-refractivity contribution in [3.8, 4) is 6.07 Å². The lowest BCUT2D eigenvalue weighted by Gasteiger charge is -2.09. The number of esters is 1. The maximum absolute atomic E-state index is 12.6. The van der Waals surface area contributed by atoms with Gasteiger partial charge in [0.25, 0.3) is 5.91 Å². The number of amides is 1. The molecule has 1 aromatic carbocycles. The van der Waals surface area contributed by atoms with Crippen LogP contribution in [0.2, 0.25) is 0 Å². The van der Waals surface area contributed by atoms with Gasteiger partial charge in [-0.3, -0.25) is 9.59 Å². The van der Waals surface area contributed by atoms with Gasteiger partial charge in [-0.15, -0.1) is 0 Å². The summed E-state index contributed by atoms with van der Waals surface area (Å²) >= 11 is 0. The molecule has 0 bridgehead atoms. The largest absolute Gasteiger partial charge is 0.469 e. The van der Waals surface area contributed by atoms with Crippen LogP contribution in [-0.4, -0.2) is 25.5 Å². The van der Waals surface area contributed by atoms with Crippen LogP contribution in [0.4, 0.5) is 18.9 Å². The fourth-order valence-corrected chi connectivity index (χ4v) is 1.57. The van der Waals surface area contributed by atoms with E-state index in [4.69, 9.17) is 5.26 Å². The first-order valence-corrected chi connectivity index (χ1v) is 6.67. The maximum atomic E-state index is 12.6. The molecule has 0 aromatic heterocycles. The van der Waals surface area contributed by atoms with Crippen molar-refractivity contribution in [1.82, 2.24) is 5.32 Å². The Morgan fingerprint density at radius 3 is 2.67 bits per heavy atom. The Morgan fingerprint density at radius 2 is 2.08 bits per heavy atom. The van der Waals surface area contributed by atoms with Crippen molar-refractivity contribution in [2.75, 3.05) is 19.0 Å². The van der Waals surface area contributed by atoms with E-state index in [0.29, 0.717) is 0 Å². The van der Waals surface area contributed by atoms with Gasteiger partial charge in [0.1, 0.15) is 11.6 Å². The molecule has 0 heterocycles. The first-order chi connectivity index (χ1) is 11.3. The van der Waals surface area contributed by atoms with Crippen LogP contribution in [0.15, 0.2) is 36.0 Å². The molecule has 0 spiro atoms. The van der Waals surface area contributed by atoms with Gasteiger partial charge < -0.3 is 15.4 Å². The van der Waals surface area contributed by atoms with Crippen molar-refractivity contribution in [2.45, 2.75) is 12.6 Å². The second-order valence-corrected chi connectivity index (χ2v) is 4.48. The number of carbonyl (C=O) groups excluding carboxylic acids is 2. The van der Waals surface area contributed by atoms with E-state index in [1.54, 1.807) is 6.07 Å². The Balaban J connectivity index is 2.71. The minimum Gasteiger partial charge on any atom is -0.469 e. The number of carbonyl (C=O) groups is 2. The Kier molecular flexibility index (Phi) is 6.79. The number of ether oxygens (including phenoxy) is 1. The Bertz CT molecular complexity index is 679. The van der Waals surface area contributed by atoms with Gasteiger partial charge in [0.15, 0.2) is 0 Å². The first-order valence-electron chi connectivity index (χ1n) is 6.67. The average Bonchev–Trinajstić information content (AvgIpc) is 2.54. The van der Waals surface area contributed by atoms with Crippen LogP contribution >= 0.6 is 0 Å². The van der Waals surface area contributed by atoms with Crippen LogP contribution in [0.1, 0.15) is 12.0 Å². The fourth-order valence-electron chi connectivity index (χ4n) is 1.57. The lowest BCUT2D eigenvalue weighted by Crippen LogP contribution is -2.19. The van der Waals surface area contributed by atoms with Crippen molar-refractivity contribution >= 4 is 17.6 Å². The van der Waals surface area contributed by atoms with Gasteiger partial charge in [0.2, 0.25) is 0 Å². The highest BCUT2D eigenvalue weighted by Gasteiger charge is 2.30. The highest BCUT2D eigenvalue weighted by atomic mass is 19.4. The lowest BCUT2D eigenvalue weighted by atomic mass is 10.2. The summed E-state index contributed by atoms with van der Waals surface area (Å²) in [6.45, 7) is 0.134. The highest BCUT2D eigenvalue weighted by molar-refractivity contribution is 6.06. The van der Waals surface area contributed by atoms with Gasteiger partial charge in [-0.25, -0.2) is 0 Å². The lowest BCUT2D eigenvalue weighted by molar-refractivity contribution is -0.140. The van der Waals surface area contributed by atoms with Crippen molar-refractivity contribution < 1.29 is 27.5 Å². The standard InChI is InChI=1S/C15H14F3N3O3/c1-24-13(22)5-6-20-9-10(8-19)14(23)21-12-4-2-3-11(7-12)15(16,17)18/h2-4,7,9,20H,5-6H2,1H3,(H,21,23)/b10-9-. The van der Waals surface area contributed by atoms with Crippen LogP contribution in [0.25, 0.3) is 0 Å². The molecule has 9 heteroatoms. The van der Waals surface area contributed by atoms with Crippen molar-refractivity contribution in [3.63, 3.8) is 0 Å². The van der Waals surface area contributed by atoms with Crippen LogP contribution in [0, 0.1) is 11.3 Å². The highest BCUT2D eigenvalue weighted by Crippen LogP contribution is 2.30. The minimum absolute atomic E-state index is 0.0287. The number of halogens is 3. The number of hydrogen-bond donors (Lipinski definition) is 2. The van der Waals surface area contributed by atoms with E-state index in [-0.39, 0.29) is 24.2 Å². The molecule has 0 radical (unpaired) electrons. The zero-order valence-electron chi connectivity index (χ0n) is 12.6. The predicted molar refractivity (Wildman–Crippen MR) is 78.4 cm³/mol. The minimum atomic E-state index is -4.54. The smallest absolute Gasteiger partial charge is 0.416 e. The molecule has 1 aromatic rings. The molecule has 0 aliphatic heterocycles. The summed E-state index contributed by atoms with van der Waals surface area (Å²) in [6.07, 6.45) is -3.43. The molecule has 6 nitrogen and oxygen atoms in total. The molecule has 0 unspecified atom stereocenters. The van der Waals surface area contributed by atoms with Gasteiger partial charge in [0.05, 0.1) is 19.1 Å². The Labute approximate surface area is 135 Å². The molecule has 0 fully saturated rings. The summed E-state index contributed by atoms with van der Waals surface area (Å²) in [6, 6.07) is 5.66. The molecule has 0 aliphatic rings. The molecule has 1 amide bonds. The van der Waals surface area contributed by atoms with Crippen LogP contribution in [-0.2, 0) is 20.5 Å².